The van der Waals surface area contributed by atoms with Crippen LogP contribution in [0.25, 0.3) is 22.2 Å². The van der Waals surface area contributed by atoms with Crippen molar-refractivity contribution in [1.82, 2.24) is 19.6 Å². The lowest BCUT2D eigenvalue weighted by atomic mass is 9.96. The third-order valence-corrected chi connectivity index (χ3v) is 10.8. The van der Waals surface area contributed by atoms with Crippen molar-refractivity contribution in [1.29, 1.82) is 0 Å². The van der Waals surface area contributed by atoms with E-state index in [1.807, 2.05) is 43.3 Å². The monoisotopic (exact) mass is 719 g/mol. The van der Waals surface area contributed by atoms with Crippen molar-refractivity contribution in [2.75, 3.05) is 18.1 Å². The molecule has 1 saturated heterocycles. The molecule has 3 aromatic carbocycles. The first-order chi connectivity index (χ1) is 24.7. The molecule has 0 radical (unpaired) electrons. The van der Waals surface area contributed by atoms with Crippen LogP contribution in [0.4, 0.5) is 5.13 Å². The molecule has 1 aliphatic heterocycles. The van der Waals surface area contributed by atoms with Gasteiger partial charge in [-0.15, -0.1) is 10.2 Å². The first-order valence-electron chi connectivity index (χ1n) is 16.8. The summed E-state index contributed by atoms with van der Waals surface area (Å²) in [5, 5.41) is 23.4. The Balaban J connectivity index is 1.30. The Morgan fingerprint density at radius 3 is 2.61 bits per heavy atom. The standard InChI is InChI=1S/C39H37N5O5S2/c1-5-48-30-21-26(16-17-29(30)49-20-18-23(2)3)34-32(35(45)33-24(4)40-31-15-8-9-19-43(31)33)36(46)37(47)44(34)38-41-42-39(51-38)50-22-27-13-10-12-25-11-6-7-14-28(25)27/h6-17,19,21,23,34,45H,5,18,20,22H2,1-4H3. The average molecular weight is 720 g/mol. The van der Waals surface area contributed by atoms with E-state index >= 15 is 0 Å². The summed E-state index contributed by atoms with van der Waals surface area (Å²) in [4.78, 5) is 34.0. The number of amides is 1. The summed E-state index contributed by atoms with van der Waals surface area (Å²) in [5.41, 5.74) is 3.05. The van der Waals surface area contributed by atoms with Crippen LogP contribution >= 0.6 is 23.1 Å². The first kappa shape index (κ1) is 34.3. The highest BCUT2D eigenvalue weighted by atomic mass is 32.2. The largest absolute Gasteiger partial charge is 0.505 e. The van der Waals surface area contributed by atoms with Gasteiger partial charge in [-0.05, 0) is 72.4 Å². The number of carbonyl (C=O) groups excluding carboxylic acids is 2. The van der Waals surface area contributed by atoms with E-state index in [1.54, 1.807) is 35.7 Å². The van der Waals surface area contributed by atoms with Crippen LogP contribution in [0.2, 0.25) is 0 Å². The number of hydrogen-bond acceptors (Lipinski definition) is 10. The Morgan fingerprint density at radius 2 is 1.78 bits per heavy atom. The smallest absolute Gasteiger partial charge is 0.301 e. The molecule has 12 heteroatoms. The number of Topliss-reactive ketones (excluding diaryl/α,β-unsaturated/α-hetero) is 1. The molecule has 0 saturated carbocycles. The Labute approximate surface area is 303 Å². The quantitative estimate of drug-likeness (QED) is 0.0437. The Kier molecular flexibility index (Phi) is 9.79. The Morgan fingerprint density at radius 1 is 0.980 bits per heavy atom. The number of nitrogens with zero attached hydrogens (tertiary/aromatic N) is 5. The van der Waals surface area contributed by atoms with E-state index in [0.29, 0.717) is 63.3 Å². The molecule has 1 aliphatic rings. The minimum absolute atomic E-state index is 0.0789. The number of anilines is 1. The first-order valence-corrected chi connectivity index (χ1v) is 18.6. The molecule has 1 N–H and O–H groups in total. The highest BCUT2D eigenvalue weighted by Gasteiger charge is 2.49. The number of aromatic nitrogens is 4. The summed E-state index contributed by atoms with van der Waals surface area (Å²) in [6.45, 7) is 8.78. The van der Waals surface area contributed by atoms with E-state index < -0.39 is 17.7 Å². The molecule has 260 valence electrons. The number of fused-ring (bicyclic) bond motifs is 2. The molecular formula is C39H37N5O5S2. The lowest BCUT2D eigenvalue weighted by Gasteiger charge is -2.24. The number of benzene rings is 3. The Bertz CT molecular complexity index is 2290. The van der Waals surface area contributed by atoms with Crippen LogP contribution in [0.5, 0.6) is 11.5 Å². The molecule has 1 unspecified atom stereocenters. The summed E-state index contributed by atoms with van der Waals surface area (Å²) >= 11 is 2.73. The molecule has 3 aromatic heterocycles. The van der Waals surface area contributed by atoms with E-state index in [-0.39, 0.29) is 16.5 Å². The highest BCUT2D eigenvalue weighted by molar-refractivity contribution is 8.00. The number of carbonyl (C=O) groups is 2. The van der Waals surface area contributed by atoms with Crippen LogP contribution in [0.15, 0.2) is 95.0 Å². The van der Waals surface area contributed by atoms with Crippen LogP contribution in [0, 0.1) is 12.8 Å². The van der Waals surface area contributed by atoms with Crippen LogP contribution in [0.3, 0.4) is 0 Å². The fraction of sp³-hybridized carbons (Fsp3) is 0.256. The van der Waals surface area contributed by atoms with Crippen molar-refractivity contribution >= 4 is 62.1 Å². The van der Waals surface area contributed by atoms with Gasteiger partial charge in [0.25, 0.3) is 5.78 Å². The minimum atomic E-state index is -1.04. The average Bonchev–Trinajstić information content (AvgIpc) is 3.80. The van der Waals surface area contributed by atoms with Gasteiger partial charge in [0, 0.05) is 11.9 Å². The van der Waals surface area contributed by atoms with E-state index in [0.717, 1.165) is 22.8 Å². The van der Waals surface area contributed by atoms with E-state index in [2.05, 4.69) is 53.3 Å². The zero-order valence-electron chi connectivity index (χ0n) is 28.7. The van der Waals surface area contributed by atoms with Crippen molar-refractivity contribution in [2.24, 2.45) is 5.92 Å². The second-order valence-electron chi connectivity index (χ2n) is 12.6. The number of aliphatic hydroxyl groups excluding tert-OH is 1. The van der Waals surface area contributed by atoms with Gasteiger partial charge in [0.05, 0.1) is 30.5 Å². The van der Waals surface area contributed by atoms with Crippen molar-refractivity contribution in [3.8, 4) is 11.5 Å². The second kappa shape index (κ2) is 14.6. The zero-order valence-corrected chi connectivity index (χ0v) is 30.3. The summed E-state index contributed by atoms with van der Waals surface area (Å²) in [5.74, 6) is 0.148. The molecule has 7 rings (SSSR count). The number of aliphatic hydroxyl groups is 1. The molecule has 0 aliphatic carbocycles. The topological polar surface area (TPSA) is 119 Å². The fourth-order valence-corrected chi connectivity index (χ4v) is 8.15. The lowest BCUT2D eigenvalue weighted by Crippen LogP contribution is -2.29. The van der Waals surface area contributed by atoms with Gasteiger partial charge < -0.3 is 14.6 Å². The number of ketones is 1. The Hall–Kier alpha value is -5.20. The maximum absolute atomic E-state index is 14.0. The number of thioether (sulfide) groups is 1. The van der Waals surface area contributed by atoms with E-state index in [4.69, 9.17) is 9.47 Å². The van der Waals surface area contributed by atoms with Gasteiger partial charge in [-0.3, -0.25) is 18.9 Å². The van der Waals surface area contributed by atoms with Gasteiger partial charge in [-0.1, -0.05) is 91.5 Å². The molecule has 4 heterocycles. The summed E-state index contributed by atoms with van der Waals surface area (Å²) in [6, 6.07) is 24.2. The van der Waals surface area contributed by atoms with E-state index in [1.165, 1.54) is 28.0 Å². The van der Waals surface area contributed by atoms with Gasteiger partial charge in [0.15, 0.2) is 21.6 Å². The molecule has 51 heavy (non-hydrogen) atoms. The molecule has 6 aromatic rings. The van der Waals surface area contributed by atoms with Crippen LogP contribution < -0.4 is 14.4 Å². The number of aryl methyl sites for hydroxylation is 1. The summed E-state index contributed by atoms with van der Waals surface area (Å²) < 4.78 is 14.4. The molecule has 1 amide bonds. The maximum Gasteiger partial charge on any atom is 0.301 e. The van der Waals surface area contributed by atoms with Gasteiger partial charge in [0.1, 0.15) is 11.3 Å². The predicted molar refractivity (Wildman–Crippen MR) is 201 cm³/mol. The molecule has 0 spiro atoms. The van der Waals surface area contributed by atoms with Gasteiger partial charge in [-0.25, -0.2) is 4.98 Å². The summed E-state index contributed by atoms with van der Waals surface area (Å²) in [7, 11) is 0. The summed E-state index contributed by atoms with van der Waals surface area (Å²) in [6.07, 6.45) is 2.63. The highest BCUT2D eigenvalue weighted by Crippen LogP contribution is 2.46. The minimum Gasteiger partial charge on any atom is -0.505 e. The maximum atomic E-state index is 14.0. The van der Waals surface area contributed by atoms with E-state index in [9.17, 15) is 14.7 Å². The third kappa shape index (κ3) is 6.68. The lowest BCUT2D eigenvalue weighted by molar-refractivity contribution is -0.132. The number of rotatable bonds is 12. The molecule has 10 nitrogen and oxygen atoms in total. The number of hydrogen-bond donors (Lipinski definition) is 1. The van der Waals surface area contributed by atoms with Crippen molar-refractivity contribution in [3.05, 3.63) is 113 Å². The normalized spacial score (nSPS) is 15.8. The third-order valence-electron chi connectivity index (χ3n) is 8.74. The molecule has 1 fully saturated rings. The predicted octanol–water partition coefficient (Wildman–Crippen LogP) is 8.39. The molecule has 0 bridgehead atoms. The van der Waals surface area contributed by atoms with Crippen molar-refractivity contribution in [3.63, 3.8) is 0 Å². The molecule has 1 atom stereocenters. The van der Waals surface area contributed by atoms with Crippen molar-refractivity contribution < 1.29 is 24.2 Å². The number of imidazole rings is 1. The van der Waals surface area contributed by atoms with Gasteiger partial charge >= 0.3 is 5.91 Å². The van der Waals surface area contributed by atoms with Crippen molar-refractivity contribution in [2.45, 2.75) is 50.3 Å². The van der Waals surface area contributed by atoms with Crippen LogP contribution in [-0.4, -0.2) is 49.6 Å². The molecular weight excluding hydrogens is 683 g/mol. The van der Waals surface area contributed by atoms with Gasteiger partial charge in [-0.2, -0.15) is 0 Å². The SMILES string of the molecule is CCOc1cc(C2C(=C(O)c3c(C)nc4ccccn34)C(=O)C(=O)N2c2nnc(SCc3cccc4ccccc34)s2)ccc1OCCC(C)C. The fourth-order valence-electron chi connectivity index (χ4n) is 6.27. The zero-order chi connectivity index (χ0) is 35.6. The van der Waals surface area contributed by atoms with Crippen LogP contribution in [0.1, 0.15) is 55.7 Å². The second-order valence-corrected chi connectivity index (χ2v) is 14.8. The number of pyridine rings is 1. The van der Waals surface area contributed by atoms with Crippen LogP contribution in [-0.2, 0) is 15.3 Å². The van der Waals surface area contributed by atoms with Gasteiger partial charge in [0.2, 0.25) is 5.13 Å². The number of ether oxygens (including phenoxy) is 2.